The zero-order chi connectivity index (χ0) is 9.90. The third-order valence-electron chi connectivity index (χ3n) is 1.31. The van der Waals surface area contributed by atoms with Gasteiger partial charge in [0.1, 0.15) is 12.7 Å². The maximum atomic E-state index is 10.5. The molecule has 8 heteroatoms. The molecule has 0 saturated heterocycles. The van der Waals surface area contributed by atoms with Crippen LogP contribution in [0.2, 0.25) is 0 Å². The lowest BCUT2D eigenvalue weighted by Crippen LogP contribution is -2.20. The Morgan fingerprint density at radius 3 is 2.69 bits per heavy atom. The summed E-state index contributed by atoms with van der Waals surface area (Å²) in [6.45, 7) is 0.0328. The van der Waals surface area contributed by atoms with Crippen molar-refractivity contribution in [3.05, 3.63) is 12.7 Å². The van der Waals surface area contributed by atoms with Crippen molar-refractivity contribution >= 4 is 7.60 Å². The summed E-state index contributed by atoms with van der Waals surface area (Å²) >= 11 is 0. The normalized spacial score (nSPS) is 14.4. The Morgan fingerprint density at radius 1 is 1.54 bits per heavy atom. The van der Waals surface area contributed by atoms with Gasteiger partial charge in [0, 0.05) is 0 Å². The first-order valence-corrected chi connectivity index (χ1v) is 5.32. The van der Waals surface area contributed by atoms with E-state index < -0.39 is 19.9 Å². The minimum atomic E-state index is -4.15. The Bertz CT molecular complexity index is 295. The lowest BCUT2D eigenvalue weighted by Gasteiger charge is -2.10. The number of aliphatic hydroxyl groups excluding tert-OH is 1. The first kappa shape index (κ1) is 10.3. The fourth-order valence-electron chi connectivity index (χ4n) is 0.875. The highest BCUT2D eigenvalue weighted by atomic mass is 31.2. The van der Waals surface area contributed by atoms with Crippen LogP contribution >= 0.6 is 7.60 Å². The summed E-state index contributed by atoms with van der Waals surface area (Å²) in [6.07, 6.45) is 0.975. The van der Waals surface area contributed by atoms with Crippen molar-refractivity contribution < 1.29 is 19.5 Å². The molecule has 0 unspecified atom stereocenters. The van der Waals surface area contributed by atoms with E-state index in [2.05, 4.69) is 10.1 Å². The third kappa shape index (κ3) is 4.14. The minimum Gasteiger partial charge on any atom is -0.391 e. The average molecular weight is 207 g/mol. The highest BCUT2D eigenvalue weighted by Crippen LogP contribution is 2.34. The van der Waals surface area contributed by atoms with Crippen molar-refractivity contribution in [1.82, 2.24) is 14.8 Å². The van der Waals surface area contributed by atoms with Gasteiger partial charge in [-0.2, -0.15) is 5.10 Å². The smallest absolute Gasteiger partial charge is 0.328 e. The van der Waals surface area contributed by atoms with Gasteiger partial charge < -0.3 is 14.9 Å². The molecular weight excluding hydrogens is 197 g/mol. The molecule has 0 aliphatic rings. The van der Waals surface area contributed by atoms with Crippen molar-refractivity contribution in [3.63, 3.8) is 0 Å². The number of aliphatic hydroxyl groups is 1. The minimum absolute atomic E-state index is 0.0328. The summed E-state index contributed by atoms with van der Waals surface area (Å²) in [7, 11) is -4.15. The van der Waals surface area contributed by atoms with Crippen LogP contribution < -0.4 is 0 Å². The Hall–Kier alpha value is -0.750. The van der Waals surface area contributed by atoms with Crippen LogP contribution in [0.1, 0.15) is 0 Å². The zero-order valence-electron chi connectivity index (χ0n) is 6.69. The fraction of sp³-hybridized carbons (Fsp3) is 0.600. The van der Waals surface area contributed by atoms with E-state index in [1.807, 2.05) is 0 Å². The van der Waals surface area contributed by atoms with E-state index in [9.17, 15) is 9.67 Å². The third-order valence-corrected chi connectivity index (χ3v) is 2.21. The van der Waals surface area contributed by atoms with Crippen LogP contribution in [0.5, 0.6) is 0 Å². The summed E-state index contributed by atoms with van der Waals surface area (Å²) in [5.74, 6) is 0. The van der Waals surface area contributed by atoms with Crippen LogP contribution in [-0.4, -0.2) is 41.9 Å². The quantitative estimate of drug-likeness (QED) is 0.536. The molecule has 0 bridgehead atoms. The molecule has 0 radical (unpaired) electrons. The van der Waals surface area contributed by atoms with E-state index in [1.54, 1.807) is 0 Å². The van der Waals surface area contributed by atoms with Gasteiger partial charge in [0.25, 0.3) is 0 Å². The molecule has 1 rings (SSSR count). The average Bonchev–Trinajstić information content (AvgIpc) is 2.34. The van der Waals surface area contributed by atoms with Gasteiger partial charge in [-0.05, 0) is 0 Å². The summed E-state index contributed by atoms with van der Waals surface area (Å²) in [5, 5.41) is 12.9. The summed E-state index contributed by atoms with van der Waals surface area (Å²) in [4.78, 5) is 20.7. The molecule has 13 heavy (non-hydrogen) atoms. The predicted molar refractivity (Wildman–Crippen MR) is 42.9 cm³/mol. The topological polar surface area (TPSA) is 108 Å². The molecule has 1 aromatic rings. The maximum absolute atomic E-state index is 10.5. The summed E-state index contributed by atoms with van der Waals surface area (Å²) in [6, 6.07) is 0. The molecule has 7 nitrogen and oxygen atoms in total. The molecule has 0 amide bonds. The molecule has 1 aromatic heterocycles. The Kier molecular flexibility index (Phi) is 3.16. The van der Waals surface area contributed by atoms with Crippen LogP contribution in [0.3, 0.4) is 0 Å². The van der Waals surface area contributed by atoms with E-state index in [1.165, 1.54) is 17.3 Å². The number of aromatic nitrogens is 3. The monoisotopic (exact) mass is 207 g/mol. The van der Waals surface area contributed by atoms with Crippen molar-refractivity contribution in [2.45, 2.75) is 12.6 Å². The second-order valence-corrected chi connectivity index (χ2v) is 4.31. The van der Waals surface area contributed by atoms with E-state index >= 15 is 0 Å². The highest BCUT2D eigenvalue weighted by Gasteiger charge is 2.19. The van der Waals surface area contributed by atoms with Gasteiger partial charge in [-0.3, -0.25) is 9.25 Å². The van der Waals surface area contributed by atoms with Crippen molar-refractivity contribution in [3.8, 4) is 0 Å². The van der Waals surface area contributed by atoms with Crippen molar-refractivity contribution in [1.29, 1.82) is 0 Å². The maximum Gasteiger partial charge on any atom is 0.328 e. The van der Waals surface area contributed by atoms with Gasteiger partial charge in [-0.15, -0.1) is 0 Å². The predicted octanol–water partition coefficient (Wildman–Crippen LogP) is -1.18. The number of hydrogen-bond donors (Lipinski definition) is 3. The molecule has 3 N–H and O–H groups in total. The van der Waals surface area contributed by atoms with Crippen LogP contribution in [0.25, 0.3) is 0 Å². The SMILES string of the molecule is O=P(O)(O)C[C@H](O)Cn1cncn1. The van der Waals surface area contributed by atoms with E-state index in [-0.39, 0.29) is 6.54 Å². The first-order valence-electron chi connectivity index (χ1n) is 3.52. The van der Waals surface area contributed by atoms with Crippen LogP contribution in [0.4, 0.5) is 0 Å². The number of hydrogen-bond acceptors (Lipinski definition) is 4. The van der Waals surface area contributed by atoms with Gasteiger partial charge in [0.05, 0.1) is 18.8 Å². The lowest BCUT2D eigenvalue weighted by molar-refractivity contribution is 0.163. The summed E-state index contributed by atoms with van der Waals surface area (Å²) in [5.41, 5.74) is 0. The second-order valence-electron chi connectivity index (χ2n) is 2.62. The Labute approximate surface area is 74.2 Å². The molecule has 0 aliphatic carbocycles. The van der Waals surface area contributed by atoms with E-state index in [0.29, 0.717) is 0 Å². The van der Waals surface area contributed by atoms with Crippen LogP contribution in [-0.2, 0) is 11.1 Å². The zero-order valence-corrected chi connectivity index (χ0v) is 7.58. The number of rotatable bonds is 4. The van der Waals surface area contributed by atoms with Gasteiger partial charge in [0.2, 0.25) is 0 Å². The molecule has 0 aliphatic heterocycles. The Morgan fingerprint density at radius 2 is 2.23 bits per heavy atom. The molecule has 1 heterocycles. The van der Waals surface area contributed by atoms with Crippen LogP contribution in [0, 0.1) is 0 Å². The van der Waals surface area contributed by atoms with Crippen LogP contribution in [0.15, 0.2) is 12.7 Å². The lowest BCUT2D eigenvalue weighted by atomic mass is 10.4. The largest absolute Gasteiger partial charge is 0.391 e. The second kappa shape index (κ2) is 3.97. The van der Waals surface area contributed by atoms with Crippen molar-refractivity contribution in [2.75, 3.05) is 6.16 Å². The molecule has 74 valence electrons. The molecule has 1 atom stereocenters. The van der Waals surface area contributed by atoms with Gasteiger partial charge in [-0.25, -0.2) is 4.98 Å². The highest BCUT2D eigenvalue weighted by molar-refractivity contribution is 7.51. The molecule has 0 aromatic carbocycles. The number of nitrogens with zero attached hydrogens (tertiary/aromatic N) is 3. The fourth-order valence-corrected chi connectivity index (χ4v) is 1.54. The van der Waals surface area contributed by atoms with E-state index in [4.69, 9.17) is 9.79 Å². The summed E-state index contributed by atoms with van der Waals surface area (Å²) < 4.78 is 11.8. The van der Waals surface area contributed by atoms with Gasteiger partial charge in [0.15, 0.2) is 0 Å². The molecule has 0 fully saturated rings. The Balaban J connectivity index is 2.43. The first-order chi connectivity index (χ1) is 5.97. The van der Waals surface area contributed by atoms with Crippen molar-refractivity contribution in [2.24, 2.45) is 0 Å². The molecule has 0 spiro atoms. The molecule has 0 saturated carbocycles. The standard InChI is InChI=1S/C5H10N3O4P/c9-5(2-13(10,11)12)1-8-4-6-3-7-8/h3-5,9H,1-2H2,(H2,10,11,12)/t5-/m1/s1. The van der Waals surface area contributed by atoms with Gasteiger partial charge >= 0.3 is 7.60 Å². The van der Waals surface area contributed by atoms with E-state index in [0.717, 1.165) is 0 Å². The molecular formula is C5H10N3O4P. The van der Waals surface area contributed by atoms with Gasteiger partial charge in [-0.1, -0.05) is 0 Å².